The molecule has 0 saturated carbocycles. The van der Waals surface area contributed by atoms with Crippen LogP contribution in [0, 0.1) is 11.6 Å². The standard InChI is InChI=1S/C26H26F2N6O2/c1-26(2,25(36)33-13-10-29-11-14-33)16-6-8-17(9-7-16)31-22-21-24(35)30-12-15-34(21)23(32-22)20-18(27)4-3-5-19(20)28/h3-9,12,15,29,31H,10-11,13-14H2,1-2H3,(H,30,35). The minimum absolute atomic E-state index is 0.0337. The maximum atomic E-state index is 14.5. The molecule has 1 amide bonds. The van der Waals surface area contributed by atoms with Gasteiger partial charge in [-0.1, -0.05) is 18.2 Å². The molecular formula is C26H26F2N6O2. The zero-order valence-electron chi connectivity index (χ0n) is 19.9. The highest BCUT2D eigenvalue weighted by atomic mass is 19.1. The van der Waals surface area contributed by atoms with Crippen LogP contribution in [0.4, 0.5) is 20.3 Å². The molecule has 1 saturated heterocycles. The van der Waals surface area contributed by atoms with Crippen LogP contribution in [0.25, 0.3) is 16.9 Å². The fourth-order valence-electron chi connectivity index (χ4n) is 4.52. The first-order valence-electron chi connectivity index (χ1n) is 11.7. The Balaban J connectivity index is 1.47. The molecule has 0 spiro atoms. The van der Waals surface area contributed by atoms with Gasteiger partial charge in [-0.05, 0) is 43.7 Å². The lowest BCUT2D eigenvalue weighted by atomic mass is 9.83. The zero-order valence-corrected chi connectivity index (χ0v) is 19.9. The Morgan fingerprint density at radius 1 is 1.06 bits per heavy atom. The molecule has 10 heteroatoms. The average molecular weight is 493 g/mol. The van der Waals surface area contributed by atoms with Gasteiger partial charge < -0.3 is 20.5 Å². The summed E-state index contributed by atoms with van der Waals surface area (Å²) in [7, 11) is 0. The number of carbonyl (C=O) groups excluding carboxylic acids is 1. The second kappa shape index (κ2) is 9.19. The van der Waals surface area contributed by atoms with E-state index in [1.54, 1.807) is 12.1 Å². The summed E-state index contributed by atoms with van der Waals surface area (Å²) in [4.78, 5) is 34.6. The van der Waals surface area contributed by atoms with E-state index in [0.717, 1.165) is 30.8 Å². The van der Waals surface area contributed by atoms with Crippen LogP contribution >= 0.6 is 0 Å². The number of hydrogen-bond acceptors (Lipinski definition) is 5. The van der Waals surface area contributed by atoms with Gasteiger partial charge in [0.2, 0.25) is 5.91 Å². The van der Waals surface area contributed by atoms with E-state index < -0.39 is 22.6 Å². The van der Waals surface area contributed by atoms with Gasteiger partial charge in [0.1, 0.15) is 11.6 Å². The molecule has 1 aliphatic rings. The van der Waals surface area contributed by atoms with Gasteiger partial charge >= 0.3 is 0 Å². The van der Waals surface area contributed by atoms with Crippen molar-refractivity contribution in [1.82, 2.24) is 24.6 Å². The fraction of sp³-hybridized carbons (Fsp3) is 0.269. The number of fused-ring (bicyclic) bond motifs is 1. The number of imidazole rings is 1. The minimum Gasteiger partial charge on any atom is -0.339 e. The van der Waals surface area contributed by atoms with E-state index in [0.29, 0.717) is 18.8 Å². The highest BCUT2D eigenvalue weighted by Gasteiger charge is 2.34. The number of anilines is 2. The first-order chi connectivity index (χ1) is 17.3. The number of aromatic nitrogens is 3. The van der Waals surface area contributed by atoms with Crippen LogP contribution in [0.1, 0.15) is 19.4 Å². The van der Waals surface area contributed by atoms with Gasteiger partial charge in [0.05, 0.1) is 11.0 Å². The van der Waals surface area contributed by atoms with Gasteiger partial charge in [0.15, 0.2) is 17.2 Å². The topological polar surface area (TPSA) is 94.5 Å². The van der Waals surface area contributed by atoms with Crippen molar-refractivity contribution >= 4 is 22.9 Å². The number of benzene rings is 2. The second-order valence-corrected chi connectivity index (χ2v) is 9.26. The summed E-state index contributed by atoms with van der Waals surface area (Å²) in [6.07, 6.45) is 2.87. The van der Waals surface area contributed by atoms with Crippen LogP contribution < -0.4 is 16.2 Å². The number of nitrogens with one attached hydrogen (secondary N) is 3. The Bertz CT molecular complexity index is 1470. The maximum absolute atomic E-state index is 14.5. The lowest BCUT2D eigenvalue weighted by molar-refractivity contribution is -0.136. The lowest BCUT2D eigenvalue weighted by Crippen LogP contribution is -2.51. The number of rotatable bonds is 5. The predicted octanol–water partition coefficient (Wildman–Crippen LogP) is 3.42. The summed E-state index contributed by atoms with van der Waals surface area (Å²) in [6.45, 7) is 6.71. The SMILES string of the molecule is CC(C)(C(=O)N1CCNCC1)c1ccc(Nc2nc(-c3c(F)cccc3F)n3cc[nH]c(=O)c23)cc1. The van der Waals surface area contributed by atoms with Crippen molar-refractivity contribution in [2.24, 2.45) is 0 Å². The number of H-pyrrole nitrogens is 1. The second-order valence-electron chi connectivity index (χ2n) is 9.26. The van der Waals surface area contributed by atoms with Crippen molar-refractivity contribution < 1.29 is 13.6 Å². The third-order valence-electron chi connectivity index (χ3n) is 6.56. The van der Waals surface area contributed by atoms with Gasteiger partial charge in [-0.15, -0.1) is 0 Å². The monoisotopic (exact) mass is 492 g/mol. The van der Waals surface area contributed by atoms with Gasteiger partial charge in [0.25, 0.3) is 5.56 Å². The van der Waals surface area contributed by atoms with E-state index in [1.807, 2.05) is 30.9 Å². The summed E-state index contributed by atoms with van der Waals surface area (Å²) in [6, 6.07) is 10.8. The molecule has 5 rings (SSSR count). The molecule has 3 N–H and O–H groups in total. The van der Waals surface area contributed by atoms with Crippen LogP contribution in [0.2, 0.25) is 0 Å². The Morgan fingerprint density at radius 3 is 2.39 bits per heavy atom. The maximum Gasteiger partial charge on any atom is 0.276 e. The van der Waals surface area contributed by atoms with E-state index >= 15 is 0 Å². The molecule has 2 aromatic heterocycles. The Kier molecular flexibility index (Phi) is 6.05. The van der Waals surface area contributed by atoms with Crippen LogP contribution in [-0.2, 0) is 10.2 Å². The largest absolute Gasteiger partial charge is 0.339 e. The van der Waals surface area contributed by atoms with Gasteiger partial charge in [-0.3, -0.25) is 14.0 Å². The van der Waals surface area contributed by atoms with Gasteiger partial charge in [0, 0.05) is 44.3 Å². The molecule has 4 aromatic rings. The molecule has 0 atom stereocenters. The number of carbonyl (C=O) groups is 1. The molecular weight excluding hydrogens is 466 g/mol. The third-order valence-corrected chi connectivity index (χ3v) is 6.56. The summed E-state index contributed by atoms with van der Waals surface area (Å²) in [5, 5.41) is 6.34. The molecule has 8 nitrogen and oxygen atoms in total. The molecule has 0 aliphatic carbocycles. The van der Waals surface area contributed by atoms with E-state index in [2.05, 4.69) is 20.6 Å². The third kappa shape index (κ3) is 4.13. The normalized spacial score (nSPS) is 14.3. The predicted molar refractivity (Wildman–Crippen MR) is 133 cm³/mol. The van der Waals surface area contributed by atoms with E-state index in [9.17, 15) is 18.4 Å². The summed E-state index contributed by atoms with van der Waals surface area (Å²) < 4.78 is 30.4. The number of nitrogens with zero attached hydrogens (tertiary/aromatic N) is 3. The van der Waals surface area contributed by atoms with Crippen LogP contribution in [0.5, 0.6) is 0 Å². The molecule has 3 heterocycles. The highest BCUT2D eigenvalue weighted by Crippen LogP contribution is 2.31. The first-order valence-corrected chi connectivity index (χ1v) is 11.7. The minimum atomic E-state index is -0.783. The van der Waals surface area contributed by atoms with E-state index in [-0.39, 0.29) is 28.6 Å². The highest BCUT2D eigenvalue weighted by molar-refractivity contribution is 5.88. The van der Waals surface area contributed by atoms with Crippen LogP contribution in [-0.4, -0.2) is 51.4 Å². The molecule has 1 fully saturated rings. The lowest BCUT2D eigenvalue weighted by Gasteiger charge is -2.35. The van der Waals surface area contributed by atoms with Crippen molar-refractivity contribution in [1.29, 1.82) is 0 Å². The molecule has 1 aliphatic heterocycles. The van der Waals surface area contributed by atoms with Gasteiger partial charge in [-0.25, -0.2) is 13.8 Å². The number of halogens is 2. The molecule has 186 valence electrons. The Hall–Kier alpha value is -4.05. The van der Waals surface area contributed by atoms with E-state index in [1.165, 1.54) is 22.9 Å². The summed E-state index contributed by atoms with van der Waals surface area (Å²) >= 11 is 0. The molecule has 0 radical (unpaired) electrons. The fourth-order valence-corrected chi connectivity index (χ4v) is 4.52. The smallest absolute Gasteiger partial charge is 0.276 e. The molecule has 0 bridgehead atoms. The summed E-state index contributed by atoms with van der Waals surface area (Å²) in [5.41, 5.74) is 0.0631. The Labute approximate surface area is 206 Å². The van der Waals surface area contributed by atoms with Crippen molar-refractivity contribution in [3.05, 3.63) is 82.4 Å². The first kappa shape index (κ1) is 23.7. The number of amides is 1. The van der Waals surface area contributed by atoms with Crippen molar-refractivity contribution in [2.45, 2.75) is 19.3 Å². The van der Waals surface area contributed by atoms with Crippen molar-refractivity contribution in [2.75, 3.05) is 31.5 Å². The summed E-state index contributed by atoms with van der Waals surface area (Å²) in [5.74, 6) is -1.39. The molecule has 0 unspecified atom stereocenters. The van der Waals surface area contributed by atoms with E-state index in [4.69, 9.17) is 0 Å². The van der Waals surface area contributed by atoms with Crippen molar-refractivity contribution in [3.63, 3.8) is 0 Å². The quantitative estimate of drug-likeness (QED) is 0.397. The van der Waals surface area contributed by atoms with Crippen LogP contribution in [0.3, 0.4) is 0 Å². The van der Waals surface area contributed by atoms with Crippen LogP contribution in [0.15, 0.2) is 59.7 Å². The molecule has 36 heavy (non-hydrogen) atoms. The number of hydrogen-bond donors (Lipinski definition) is 3. The Morgan fingerprint density at radius 2 is 1.72 bits per heavy atom. The average Bonchev–Trinajstić information content (AvgIpc) is 3.23. The number of piperazine rings is 1. The van der Waals surface area contributed by atoms with Crippen molar-refractivity contribution in [3.8, 4) is 11.4 Å². The number of aromatic amines is 1. The molecule has 2 aromatic carbocycles. The van der Waals surface area contributed by atoms with Gasteiger partial charge in [-0.2, -0.15) is 0 Å². The zero-order chi connectivity index (χ0) is 25.4.